The van der Waals surface area contributed by atoms with Crippen LogP contribution in [0.2, 0.25) is 0 Å². The minimum Gasteiger partial charge on any atom is -0.449 e. The van der Waals surface area contributed by atoms with Crippen molar-refractivity contribution in [3.63, 3.8) is 0 Å². The third-order valence-electron chi connectivity index (χ3n) is 4.85. The van der Waals surface area contributed by atoms with Crippen molar-refractivity contribution >= 4 is 23.0 Å². The first-order valence-electron chi connectivity index (χ1n) is 11.3. The Kier molecular flexibility index (Phi) is 7.85. The zero-order valence-electron chi connectivity index (χ0n) is 20.8. The molecule has 0 bridgehead atoms. The summed E-state index contributed by atoms with van der Waals surface area (Å²) in [5.41, 5.74) is -2.32. The van der Waals surface area contributed by atoms with Crippen molar-refractivity contribution in [2.45, 2.75) is 52.4 Å². The Balaban J connectivity index is 1.94. The summed E-state index contributed by atoms with van der Waals surface area (Å²) in [6.07, 6.45) is -5.89. The number of benzene rings is 2. The van der Waals surface area contributed by atoms with Gasteiger partial charge in [0.2, 0.25) is 11.2 Å². The second kappa shape index (κ2) is 10.5. The van der Waals surface area contributed by atoms with E-state index in [0.29, 0.717) is 0 Å². The van der Waals surface area contributed by atoms with Gasteiger partial charge in [0, 0.05) is 6.07 Å². The van der Waals surface area contributed by atoms with E-state index in [9.17, 15) is 27.6 Å². The van der Waals surface area contributed by atoms with Crippen LogP contribution < -0.4 is 20.2 Å². The fraction of sp³-hybridized carbons (Fsp3) is 0.346. The number of nitrogens with one attached hydrogen (secondary N) is 1. The molecule has 37 heavy (non-hydrogen) atoms. The molecule has 0 saturated heterocycles. The Morgan fingerprint density at radius 2 is 1.62 bits per heavy atom. The van der Waals surface area contributed by atoms with Gasteiger partial charge in [0.05, 0.1) is 5.39 Å². The maximum atomic E-state index is 13.8. The van der Waals surface area contributed by atoms with Crippen molar-refractivity contribution in [1.82, 2.24) is 5.32 Å². The number of esters is 1. The quantitative estimate of drug-likeness (QED) is 0.311. The number of alkyl carbamates (subject to hydrolysis) is 1. The van der Waals surface area contributed by atoms with E-state index in [-0.39, 0.29) is 16.9 Å². The maximum Gasteiger partial charge on any atom is 0.453 e. The molecule has 0 spiro atoms. The zero-order valence-corrected chi connectivity index (χ0v) is 20.8. The molecule has 0 aliphatic rings. The molecular weight excluding hydrogens is 495 g/mol. The lowest BCUT2D eigenvalue weighted by atomic mass is 10.1. The van der Waals surface area contributed by atoms with Gasteiger partial charge in [0.15, 0.2) is 0 Å². The Morgan fingerprint density at radius 1 is 0.973 bits per heavy atom. The van der Waals surface area contributed by atoms with E-state index in [2.05, 4.69) is 5.32 Å². The average Bonchev–Trinajstić information content (AvgIpc) is 2.77. The normalized spacial score (nSPS) is 12.8. The van der Waals surface area contributed by atoms with Gasteiger partial charge in [-0.1, -0.05) is 32.0 Å². The number of halogens is 3. The molecule has 198 valence electrons. The smallest absolute Gasteiger partial charge is 0.449 e. The van der Waals surface area contributed by atoms with Crippen LogP contribution in [0.4, 0.5) is 18.0 Å². The molecule has 1 aromatic heterocycles. The number of amides is 1. The van der Waals surface area contributed by atoms with E-state index in [1.807, 2.05) is 0 Å². The van der Waals surface area contributed by atoms with Crippen LogP contribution in [0, 0.1) is 5.92 Å². The predicted molar refractivity (Wildman–Crippen MR) is 128 cm³/mol. The van der Waals surface area contributed by atoms with Crippen LogP contribution in [0.5, 0.6) is 17.2 Å². The van der Waals surface area contributed by atoms with Gasteiger partial charge in [-0.05, 0) is 51.0 Å². The molecule has 0 aliphatic heterocycles. The van der Waals surface area contributed by atoms with Crippen LogP contribution in [0.3, 0.4) is 0 Å². The van der Waals surface area contributed by atoms with Crippen LogP contribution in [0.15, 0.2) is 57.7 Å². The number of rotatable bonds is 6. The fourth-order valence-electron chi connectivity index (χ4n) is 3.22. The molecule has 1 amide bonds. The van der Waals surface area contributed by atoms with Gasteiger partial charge in [0.1, 0.15) is 28.7 Å². The minimum absolute atomic E-state index is 0.0161. The van der Waals surface area contributed by atoms with Gasteiger partial charge in [-0.25, -0.2) is 9.59 Å². The molecule has 0 saturated carbocycles. The summed E-state index contributed by atoms with van der Waals surface area (Å²) in [6, 6.07) is 9.74. The Bertz CT molecular complexity index is 1340. The number of carbonyl (C=O) groups is 2. The lowest BCUT2D eigenvalue weighted by molar-refractivity contribution is -0.154. The van der Waals surface area contributed by atoms with Crippen molar-refractivity contribution in [3.05, 3.63) is 64.5 Å². The Labute approximate surface area is 210 Å². The first-order chi connectivity index (χ1) is 17.2. The number of hydrogen-bond donors (Lipinski definition) is 1. The summed E-state index contributed by atoms with van der Waals surface area (Å²) in [5, 5.41) is 2.21. The van der Waals surface area contributed by atoms with Gasteiger partial charge in [-0.2, -0.15) is 13.2 Å². The van der Waals surface area contributed by atoms with Crippen molar-refractivity contribution < 1.29 is 41.4 Å². The zero-order chi connectivity index (χ0) is 27.5. The van der Waals surface area contributed by atoms with Crippen LogP contribution in [-0.4, -0.2) is 23.7 Å². The van der Waals surface area contributed by atoms with Crippen LogP contribution in [0.1, 0.15) is 40.4 Å². The van der Waals surface area contributed by atoms with Gasteiger partial charge >= 0.3 is 18.2 Å². The van der Waals surface area contributed by atoms with Crippen LogP contribution in [0.25, 0.3) is 11.0 Å². The highest BCUT2D eigenvalue weighted by Gasteiger charge is 2.40. The molecule has 8 nitrogen and oxygen atoms in total. The highest BCUT2D eigenvalue weighted by atomic mass is 19.4. The van der Waals surface area contributed by atoms with E-state index < -0.39 is 58.3 Å². The standard InChI is InChI=1S/C26H26F3NO7/c1-14(2)19(30-24(33)37-25(3,4)5)23(32)35-16-11-12-17-18(13-16)36-22(26(27,28)29)21(20(17)31)34-15-9-7-6-8-10-15/h6-14,19H,1-5H3,(H,30,33)/t19-/m0/s1. The first-order valence-corrected chi connectivity index (χ1v) is 11.3. The predicted octanol–water partition coefficient (Wildman–Crippen LogP) is 6.06. The second-order valence-electron chi connectivity index (χ2n) is 9.45. The molecule has 0 fully saturated rings. The van der Waals surface area contributed by atoms with E-state index in [0.717, 1.165) is 12.1 Å². The van der Waals surface area contributed by atoms with Crippen LogP contribution >= 0.6 is 0 Å². The molecule has 11 heteroatoms. The summed E-state index contributed by atoms with van der Waals surface area (Å²) in [7, 11) is 0. The Morgan fingerprint density at radius 3 is 2.19 bits per heavy atom. The van der Waals surface area contributed by atoms with Crippen molar-refractivity contribution in [2.75, 3.05) is 0 Å². The number of ether oxygens (including phenoxy) is 3. The molecule has 1 atom stereocenters. The molecule has 0 radical (unpaired) electrons. The van der Waals surface area contributed by atoms with E-state index in [4.69, 9.17) is 18.6 Å². The van der Waals surface area contributed by atoms with E-state index in [1.165, 1.54) is 30.3 Å². The maximum absolute atomic E-state index is 13.8. The Hall–Kier alpha value is -4.02. The molecule has 3 rings (SSSR count). The number of alkyl halides is 3. The van der Waals surface area contributed by atoms with E-state index >= 15 is 0 Å². The van der Waals surface area contributed by atoms with E-state index in [1.54, 1.807) is 40.7 Å². The second-order valence-corrected chi connectivity index (χ2v) is 9.45. The molecule has 3 aromatic rings. The number of carbonyl (C=O) groups excluding carboxylic acids is 2. The molecule has 1 N–H and O–H groups in total. The molecular formula is C26H26F3NO7. The van der Waals surface area contributed by atoms with Crippen molar-refractivity contribution in [2.24, 2.45) is 5.92 Å². The number of para-hydroxylation sites is 1. The van der Waals surface area contributed by atoms with Crippen molar-refractivity contribution in [1.29, 1.82) is 0 Å². The fourth-order valence-corrected chi connectivity index (χ4v) is 3.22. The first kappa shape index (κ1) is 27.6. The lowest BCUT2D eigenvalue weighted by Gasteiger charge is -2.24. The summed E-state index contributed by atoms with van der Waals surface area (Å²) in [6.45, 7) is 8.29. The third-order valence-corrected chi connectivity index (χ3v) is 4.85. The highest BCUT2D eigenvalue weighted by Crippen LogP contribution is 2.38. The number of hydrogen-bond acceptors (Lipinski definition) is 7. The van der Waals surface area contributed by atoms with Crippen molar-refractivity contribution in [3.8, 4) is 17.2 Å². The molecule has 1 heterocycles. The van der Waals surface area contributed by atoms with Gasteiger partial charge < -0.3 is 23.9 Å². The summed E-state index contributed by atoms with van der Waals surface area (Å²) in [5.74, 6) is -4.12. The topological polar surface area (TPSA) is 104 Å². The van der Waals surface area contributed by atoms with Gasteiger partial charge in [-0.3, -0.25) is 4.79 Å². The highest BCUT2D eigenvalue weighted by molar-refractivity contribution is 5.85. The summed E-state index contributed by atoms with van der Waals surface area (Å²) >= 11 is 0. The summed E-state index contributed by atoms with van der Waals surface area (Å²) < 4.78 is 62.0. The van der Waals surface area contributed by atoms with Crippen LogP contribution in [-0.2, 0) is 15.7 Å². The largest absolute Gasteiger partial charge is 0.453 e. The monoisotopic (exact) mass is 521 g/mol. The molecule has 0 unspecified atom stereocenters. The SMILES string of the molecule is CC(C)[C@H](NC(=O)OC(C)(C)C)C(=O)Oc1ccc2c(=O)c(Oc3ccccc3)c(C(F)(F)F)oc2c1. The summed E-state index contributed by atoms with van der Waals surface area (Å²) in [4.78, 5) is 37.8. The van der Waals surface area contributed by atoms with Gasteiger partial charge in [-0.15, -0.1) is 0 Å². The third kappa shape index (κ3) is 7.02. The average molecular weight is 521 g/mol. The lowest BCUT2D eigenvalue weighted by Crippen LogP contribution is -2.48. The molecule has 2 aromatic carbocycles. The minimum atomic E-state index is -5.05. The molecule has 0 aliphatic carbocycles. The van der Waals surface area contributed by atoms with Gasteiger partial charge in [0.25, 0.3) is 5.76 Å². The number of fused-ring (bicyclic) bond motifs is 1.